The fourth-order valence-electron chi connectivity index (χ4n) is 0.854. The second-order valence-corrected chi connectivity index (χ2v) is 5.47. The van der Waals surface area contributed by atoms with Crippen LogP contribution in [0.15, 0.2) is 21.1 Å². The van der Waals surface area contributed by atoms with Gasteiger partial charge < -0.3 is 10.5 Å². The van der Waals surface area contributed by atoms with Crippen molar-refractivity contribution in [2.75, 3.05) is 5.73 Å². The standard InChI is InChI=1S/C8H8Br3NO/c1-4(9)13-8-6(10)2-5(12)3-7(8)11/h2-4H,12H2,1H3. The van der Waals surface area contributed by atoms with E-state index >= 15 is 0 Å². The lowest BCUT2D eigenvalue weighted by atomic mass is 10.3. The van der Waals surface area contributed by atoms with Gasteiger partial charge in [-0.05, 0) is 66.8 Å². The van der Waals surface area contributed by atoms with Gasteiger partial charge in [0, 0.05) is 5.69 Å². The first-order valence-corrected chi connectivity index (χ1v) is 6.06. The molecule has 1 aromatic rings. The lowest BCUT2D eigenvalue weighted by Gasteiger charge is -2.12. The van der Waals surface area contributed by atoms with Crippen LogP contribution in [0.3, 0.4) is 0 Å². The summed E-state index contributed by atoms with van der Waals surface area (Å²) in [6, 6.07) is 3.60. The first-order valence-electron chi connectivity index (χ1n) is 3.56. The quantitative estimate of drug-likeness (QED) is 0.630. The minimum atomic E-state index is -0.0382. The van der Waals surface area contributed by atoms with Crippen molar-refractivity contribution in [1.29, 1.82) is 0 Å². The summed E-state index contributed by atoms with van der Waals surface area (Å²) in [6.45, 7) is 1.90. The van der Waals surface area contributed by atoms with Crippen molar-refractivity contribution in [2.45, 2.75) is 11.9 Å². The lowest BCUT2D eigenvalue weighted by Crippen LogP contribution is -2.03. The van der Waals surface area contributed by atoms with Gasteiger partial charge >= 0.3 is 0 Å². The Balaban J connectivity index is 3.06. The first kappa shape index (κ1) is 11.3. The van der Waals surface area contributed by atoms with E-state index in [1.54, 1.807) is 12.1 Å². The zero-order chi connectivity index (χ0) is 10.0. The molecular formula is C8H8Br3NO. The minimum Gasteiger partial charge on any atom is -0.477 e. The maximum absolute atomic E-state index is 5.63. The van der Waals surface area contributed by atoms with Crippen LogP contribution in [0.5, 0.6) is 5.75 Å². The van der Waals surface area contributed by atoms with Gasteiger partial charge in [-0.25, -0.2) is 0 Å². The van der Waals surface area contributed by atoms with E-state index in [9.17, 15) is 0 Å². The average Bonchev–Trinajstić information content (AvgIpc) is 1.96. The van der Waals surface area contributed by atoms with E-state index in [0.29, 0.717) is 5.69 Å². The number of hydrogen-bond donors (Lipinski definition) is 1. The van der Waals surface area contributed by atoms with E-state index in [-0.39, 0.29) is 5.01 Å². The molecule has 1 aromatic carbocycles. The molecule has 1 atom stereocenters. The number of benzene rings is 1. The van der Waals surface area contributed by atoms with Crippen molar-refractivity contribution < 1.29 is 4.74 Å². The van der Waals surface area contributed by atoms with E-state index in [1.807, 2.05) is 6.92 Å². The van der Waals surface area contributed by atoms with Crippen molar-refractivity contribution in [3.05, 3.63) is 21.1 Å². The number of nitrogens with two attached hydrogens (primary N) is 1. The van der Waals surface area contributed by atoms with Crippen LogP contribution >= 0.6 is 47.8 Å². The van der Waals surface area contributed by atoms with Crippen LogP contribution in [0.1, 0.15) is 6.92 Å². The van der Waals surface area contributed by atoms with Crippen molar-refractivity contribution >= 4 is 53.5 Å². The van der Waals surface area contributed by atoms with E-state index < -0.39 is 0 Å². The van der Waals surface area contributed by atoms with Gasteiger partial charge in [0.2, 0.25) is 0 Å². The summed E-state index contributed by atoms with van der Waals surface area (Å²) in [5, 5.41) is -0.0382. The fraction of sp³-hybridized carbons (Fsp3) is 0.250. The third-order valence-corrected chi connectivity index (χ3v) is 2.67. The lowest BCUT2D eigenvalue weighted by molar-refractivity contribution is 0.310. The number of rotatable bonds is 2. The fourth-order valence-corrected chi connectivity index (χ4v) is 2.45. The van der Waals surface area contributed by atoms with Gasteiger partial charge in [-0.15, -0.1) is 0 Å². The Bertz CT molecular complexity index is 291. The molecule has 5 heteroatoms. The Hall–Kier alpha value is 0.260. The smallest absolute Gasteiger partial charge is 0.150 e. The van der Waals surface area contributed by atoms with E-state index in [2.05, 4.69) is 47.8 Å². The summed E-state index contributed by atoms with van der Waals surface area (Å²) in [5.41, 5.74) is 6.32. The molecule has 0 bridgehead atoms. The molecular weight excluding hydrogens is 366 g/mol. The van der Waals surface area contributed by atoms with E-state index in [4.69, 9.17) is 10.5 Å². The van der Waals surface area contributed by atoms with Crippen LogP contribution in [0.2, 0.25) is 0 Å². The topological polar surface area (TPSA) is 35.2 Å². The monoisotopic (exact) mass is 371 g/mol. The molecule has 0 fully saturated rings. The van der Waals surface area contributed by atoms with Gasteiger partial charge in [-0.1, -0.05) is 0 Å². The molecule has 72 valence electrons. The third-order valence-electron chi connectivity index (χ3n) is 1.30. The van der Waals surface area contributed by atoms with Crippen LogP contribution in [-0.4, -0.2) is 5.01 Å². The molecule has 0 saturated carbocycles. The molecule has 0 amide bonds. The molecule has 1 unspecified atom stereocenters. The van der Waals surface area contributed by atoms with Crippen molar-refractivity contribution in [2.24, 2.45) is 0 Å². The molecule has 0 aromatic heterocycles. The van der Waals surface area contributed by atoms with Crippen LogP contribution < -0.4 is 10.5 Å². The molecule has 0 aliphatic rings. The summed E-state index contributed by atoms with van der Waals surface area (Å²) >= 11 is 10.0. The van der Waals surface area contributed by atoms with Crippen molar-refractivity contribution in [1.82, 2.24) is 0 Å². The number of hydrogen-bond acceptors (Lipinski definition) is 2. The summed E-state index contributed by atoms with van der Waals surface area (Å²) in [6.07, 6.45) is 0. The van der Waals surface area contributed by atoms with Gasteiger partial charge in [0.25, 0.3) is 0 Å². The van der Waals surface area contributed by atoms with Gasteiger partial charge in [0.05, 0.1) is 8.95 Å². The highest BCUT2D eigenvalue weighted by Gasteiger charge is 2.09. The molecule has 2 nitrogen and oxygen atoms in total. The number of halogens is 3. The molecule has 0 spiro atoms. The number of nitrogen functional groups attached to an aromatic ring is 1. The molecule has 1 rings (SSSR count). The Kier molecular flexibility index (Phi) is 4.06. The molecule has 0 aliphatic heterocycles. The SMILES string of the molecule is CC(Br)Oc1c(Br)cc(N)cc1Br. The maximum atomic E-state index is 5.63. The zero-order valence-electron chi connectivity index (χ0n) is 6.85. The Labute approximate surface area is 102 Å². The van der Waals surface area contributed by atoms with Crippen LogP contribution in [-0.2, 0) is 0 Å². The summed E-state index contributed by atoms with van der Waals surface area (Å²) in [5.74, 6) is 0.749. The van der Waals surface area contributed by atoms with Crippen molar-refractivity contribution in [3.8, 4) is 5.75 Å². The highest BCUT2D eigenvalue weighted by atomic mass is 79.9. The van der Waals surface area contributed by atoms with Crippen LogP contribution in [0, 0.1) is 0 Å². The highest BCUT2D eigenvalue weighted by molar-refractivity contribution is 9.11. The Morgan fingerprint density at radius 1 is 1.31 bits per heavy atom. The highest BCUT2D eigenvalue weighted by Crippen LogP contribution is 2.36. The maximum Gasteiger partial charge on any atom is 0.150 e. The molecule has 13 heavy (non-hydrogen) atoms. The molecule has 2 N–H and O–H groups in total. The number of ether oxygens (including phenoxy) is 1. The van der Waals surface area contributed by atoms with E-state index in [1.165, 1.54) is 0 Å². The predicted molar refractivity (Wildman–Crippen MR) is 65.3 cm³/mol. The molecule has 0 radical (unpaired) electrons. The second-order valence-electron chi connectivity index (χ2n) is 2.47. The van der Waals surface area contributed by atoms with Gasteiger partial charge in [-0.3, -0.25) is 0 Å². The van der Waals surface area contributed by atoms with Gasteiger partial charge in [0.15, 0.2) is 5.01 Å². The number of alkyl halides is 1. The van der Waals surface area contributed by atoms with Crippen molar-refractivity contribution in [3.63, 3.8) is 0 Å². The predicted octanol–water partition coefficient (Wildman–Crippen LogP) is 3.91. The molecule has 0 saturated heterocycles. The van der Waals surface area contributed by atoms with Crippen LogP contribution in [0.25, 0.3) is 0 Å². The zero-order valence-corrected chi connectivity index (χ0v) is 11.6. The largest absolute Gasteiger partial charge is 0.477 e. The van der Waals surface area contributed by atoms with E-state index in [0.717, 1.165) is 14.7 Å². The second kappa shape index (κ2) is 4.66. The van der Waals surface area contributed by atoms with Gasteiger partial charge in [-0.2, -0.15) is 0 Å². The Morgan fingerprint density at radius 3 is 2.15 bits per heavy atom. The normalized spacial score (nSPS) is 12.6. The summed E-state index contributed by atoms with van der Waals surface area (Å²) in [7, 11) is 0. The molecule has 0 aliphatic carbocycles. The first-order chi connectivity index (χ1) is 6.00. The Morgan fingerprint density at radius 2 is 1.77 bits per heavy atom. The summed E-state index contributed by atoms with van der Waals surface area (Å²) in [4.78, 5) is 0. The summed E-state index contributed by atoms with van der Waals surface area (Å²) < 4.78 is 7.18. The average molecular weight is 374 g/mol. The van der Waals surface area contributed by atoms with Crippen LogP contribution in [0.4, 0.5) is 5.69 Å². The third kappa shape index (κ3) is 3.14. The molecule has 0 heterocycles. The van der Waals surface area contributed by atoms with Gasteiger partial charge in [0.1, 0.15) is 5.75 Å². The number of anilines is 1. The minimum absolute atomic E-state index is 0.0382.